The summed E-state index contributed by atoms with van der Waals surface area (Å²) in [6, 6.07) is 9.20. The molecule has 0 saturated heterocycles. The lowest BCUT2D eigenvalue weighted by atomic mass is 10.4. The summed E-state index contributed by atoms with van der Waals surface area (Å²) in [5.41, 5.74) is 5.28. The van der Waals surface area contributed by atoms with Gasteiger partial charge in [0.15, 0.2) is 0 Å². The van der Waals surface area contributed by atoms with Gasteiger partial charge in [-0.25, -0.2) is 4.98 Å². The van der Waals surface area contributed by atoms with Crippen molar-refractivity contribution >= 4 is 33.5 Å². The molecule has 0 aliphatic carbocycles. The molecule has 2 rings (SSSR count). The number of H-pyrrole nitrogens is 1. The maximum Gasteiger partial charge on any atom is 0.252 e. The molecule has 0 saturated carbocycles. The van der Waals surface area contributed by atoms with Crippen LogP contribution in [0.5, 0.6) is 0 Å². The quantitative estimate of drug-likeness (QED) is 0.854. The van der Waals surface area contributed by atoms with Crippen molar-refractivity contribution < 1.29 is 0 Å². The van der Waals surface area contributed by atoms with E-state index in [-0.39, 0.29) is 11.4 Å². The molecule has 1 aromatic carbocycles. The first-order chi connectivity index (χ1) is 8.13. The molecule has 0 radical (unpaired) electrons. The predicted octanol–water partition coefficient (Wildman–Crippen LogP) is 2.41. The van der Waals surface area contributed by atoms with E-state index in [1.165, 1.54) is 6.07 Å². The molecule has 3 N–H and O–H groups in total. The second kappa shape index (κ2) is 5.37. The van der Waals surface area contributed by atoms with E-state index in [1.54, 1.807) is 11.8 Å². The number of rotatable bonds is 3. The van der Waals surface area contributed by atoms with Crippen molar-refractivity contribution in [1.82, 2.24) is 9.97 Å². The monoisotopic (exact) mass is 311 g/mol. The van der Waals surface area contributed by atoms with Gasteiger partial charge in [-0.3, -0.25) is 4.79 Å². The number of thioether (sulfide) groups is 1. The molecule has 0 bridgehead atoms. The number of nitrogens with zero attached hydrogens (tertiary/aromatic N) is 1. The molecular formula is C11H10BrN3OS. The van der Waals surface area contributed by atoms with Crippen molar-refractivity contribution in [3.63, 3.8) is 0 Å². The lowest BCUT2D eigenvalue weighted by Crippen LogP contribution is -2.11. The minimum Gasteiger partial charge on any atom is -0.383 e. The summed E-state index contributed by atoms with van der Waals surface area (Å²) in [4.78, 5) is 19.0. The summed E-state index contributed by atoms with van der Waals surface area (Å²) in [6.07, 6.45) is 0. The van der Waals surface area contributed by atoms with E-state index in [2.05, 4.69) is 25.9 Å². The van der Waals surface area contributed by atoms with Crippen LogP contribution in [0.25, 0.3) is 0 Å². The Bertz CT molecular complexity index is 585. The van der Waals surface area contributed by atoms with Gasteiger partial charge in [0.05, 0.1) is 5.75 Å². The largest absolute Gasteiger partial charge is 0.383 e. The second-order valence-corrected chi connectivity index (χ2v) is 5.33. The molecule has 88 valence electrons. The SMILES string of the molecule is Nc1cc(=O)[nH]c(CSc2cccc(Br)c2)n1. The van der Waals surface area contributed by atoms with E-state index < -0.39 is 0 Å². The van der Waals surface area contributed by atoms with Crippen molar-refractivity contribution in [1.29, 1.82) is 0 Å². The highest BCUT2D eigenvalue weighted by atomic mass is 79.9. The number of benzene rings is 1. The minimum absolute atomic E-state index is 0.220. The number of nitrogen functional groups attached to an aromatic ring is 1. The zero-order valence-electron chi connectivity index (χ0n) is 8.81. The van der Waals surface area contributed by atoms with Crippen molar-refractivity contribution in [2.45, 2.75) is 10.6 Å². The number of halogens is 1. The molecule has 0 aliphatic heterocycles. The molecule has 1 aromatic heterocycles. The summed E-state index contributed by atoms with van der Waals surface area (Å²) in [6.45, 7) is 0. The fourth-order valence-electron chi connectivity index (χ4n) is 1.31. The number of nitrogens with one attached hydrogen (secondary N) is 1. The van der Waals surface area contributed by atoms with Crippen LogP contribution in [0, 0.1) is 0 Å². The zero-order valence-corrected chi connectivity index (χ0v) is 11.2. The van der Waals surface area contributed by atoms with Crippen molar-refractivity contribution in [2.24, 2.45) is 0 Å². The lowest BCUT2D eigenvalue weighted by molar-refractivity contribution is 1.01. The molecule has 0 amide bonds. The fraction of sp³-hybridized carbons (Fsp3) is 0.0909. The molecular weight excluding hydrogens is 302 g/mol. The highest BCUT2D eigenvalue weighted by Gasteiger charge is 2.01. The Morgan fingerprint density at radius 2 is 2.24 bits per heavy atom. The van der Waals surface area contributed by atoms with E-state index in [0.717, 1.165) is 9.37 Å². The van der Waals surface area contributed by atoms with Crippen LogP contribution in [0.15, 0.2) is 44.5 Å². The fourth-order valence-corrected chi connectivity index (χ4v) is 2.68. The van der Waals surface area contributed by atoms with Gasteiger partial charge in [0.25, 0.3) is 5.56 Å². The van der Waals surface area contributed by atoms with Crippen molar-refractivity contribution in [3.05, 3.63) is 51.0 Å². The highest BCUT2D eigenvalue weighted by molar-refractivity contribution is 9.10. The van der Waals surface area contributed by atoms with Crippen molar-refractivity contribution in [3.8, 4) is 0 Å². The summed E-state index contributed by atoms with van der Waals surface area (Å²) in [5.74, 6) is 1.41. The minimum atomic E-state index is -0.220. The van der Waals surface area contributed by atoms with Crippen LogP contribution in [0.2, 0.25) is 0 Å². The molecule has 1 heterocycles. The van der Waals surface area contributed by atoms with Crippen LogP contribution >= 0.6 is 27.7 Å². The van der Waals surface area contributed by atoms with E-state index in [9.17, 15) is 4.79 Å². The predicted molar refractivity (Wildman–Crippen MR) is 73.0 cm³/mol. The maximum absolute atomic E-state index is 11.2. The first-order valence-electron chi connectivity index (χ1n) is 4.87. The first-order valence-corrected chi connectivity index (χ1v) is 6.65. The van der Waals surface area contributed by atoms with Crippen LogP contribution in [-0.2, 0) is 5.75 Å². The molecule has 0 unspecified atom stereocenters. The number of aromatic amines is 1. The molecule has 6 heteroatoms. The van der Waals surface area contributed by atoms with Gasteiger partial charge in [0.1, 0.15) is 11.6 Å². The first kappa shape index (κ1) is 12.2. The Kier molecular flexibility index (Phi) is 3.86. The normalized spacial score (nSPS) is 10.4. The van der Waals surface area contributed by atoms with Gasteiger partial charge >= 0.3 is 0 Å². The Hall–Kier alpha value is -1.27. The molecule has 0 spiro atoms. The van der Waals surface area contributed by atoms with Crippen LogP contribution in [0.3, 0.4) is 0 Å². The van der Waals surface area contributed by atoms with Gasteiger partial charge in [-0.05, 0) is 18.2 Å². The van der Waals surface area contributed by atoms with Gasteiger partial charge < -0.3 is 10.7 Å². The van der Waals surface area contributed by atoms with Gasteiger partial charge in [-0.1, -0.05) is 22.0 Å². The van der Waals surface area contributed by atoms with E-state index in [0.29, 0.717) is 11.6 Å². The third kappa shape index (κ3) is 3.61. The van der Waals surface area contributed by atoms with Gasteiger partial charge in [-0.2, -0.15) is 0 Å². The van der Waals surface area contributed by atoms with E-state index in [4.69, 9.17) is 5.73 Å². The number of anilines is 1. The number of hydrogen-bond acceptors (Lipinski definition) is 4. The van der Waals surface area contributed by atoms with Crippen LogP contribution in [0.1, 0.15) is 5.82 Å². The third-order valence-corrected chi connectivity index (χ3v) is 3.48. The Morgan fingerprint density at radius 3 is 2.94 bits per heavy atom. The average molecular weight is 312 g/mol. The average Bonchev–Trinajstić information content (AvgIpc) is 2.25. The van der Waals surface area contributed by atoms with Gasteiger partial charge in [0.2, 0.25) is 0 Å². The number of hydrogen-bond donors (Lipinski definition) is 2. The standard InChI is InChI=1S/C11H10BrN3OS/c12-7-2-1-3-8(4-7)17-6-10-14-9(13)5-11(16)15-10/h1-5H,6H2,(H3,13,14,15,16). The Balaban J connectivity index is 2.09. The van der Waals surface area contributed by atoms with Crippen LogP contribution in [0.4, 0.5) is 5.82 Å². The van der Waals surface area contributed by atoms with E-state index >= 15 is 0 Å². The summed E-state index contributed by atoms with van der Waals surface area (Å²) < 4.78 is 1.02. The molecule has 4 nitrogen and oxygen atoms in total. The Morgan fingerprint density at radius 1 is 1.41 bits per heavy atom. The topological polar surface area (TPSA) is 71.8 Å². The van der Waals surface area contributed by atoms with Gasteiger partial charge in [0, 0.05) is 15.4 Å². The van der Waals surface area contributed by atoms with Gasteiger partial charge in [-0.15, -0.1) is 11.8 Å². The van der Waals surface area contributed by atoms with Crippen LogP contribution < -0.4 is 11.3 Å². The van der Waals surface area contributed by atoms with Crippen molar-refractivity contribution in [2.75, 3.05) is 5.73 Å². The highest BCUT2D eigenvalue weighted by Crippen LogP contribution is 2.24. The summed E-state index contributed by atoms with van der Waals surface area (Å²) in [5, 5.41) is 0. The smallest absolute Gasteiger partial charge is 0.252 e. The Labute approximate surface area is 111 Å². The molecule has 0 aliphatic rings. The molecule has 17 heavy (non-hydrogen) atoms. The number of nitrogens with two attached hydrogens (primary N) is 1. The number of aromatic nitrogens is 2. The van der Waals surface area contributed by atoms with Crippen LogP contribution in [-0.4, -0.2) is 9.97 Å². The molecule has 2 aromatic rings. The summed E-state index contributed by atoms with van der Waals surface area (Å²) >= 11 is 4.99. The maximum atomic E-state index is 11.2. The molecule has 0 fully saturated rings. The summed E-state index contributed by atoms with van der Waals surface area (Å²) in [7, 11) is 0. The lowest BCUT2D eigenvalue weighted by Gasteiger charge is -2.02. The molecule has 0 atom stereocenters. The zero-order chi connectivity index (χ0) is 12.3. The third-order valence-electron chi connectivity index (χ3n) is 1.98. The second-order valence-electron chi connectivity index (χ2n) is 3.36. The van der Waals surface area contributed by atoms with E-state index in [1.807, 2.05) is 24.3 Å².